The number of rotatable bonds is 6. The summed E-state index contributed by atoms with van der Waals surface area (Å²) in [6, 6.07) is 6.62. The Balaban J connectivity index is 2.01. The number of ether oxygens (including phenoxy) is 1. The zero-order valence-corrected chi connectivity index (χ0v) is 12.7. The van der Waals surface area contributed by atoms with Gasteiger partial charge in [-0.05, 0) is 49.3 Å². The highest BCUT2D eigenvalue weighted by atomic mass is 32.1. The van der Waals surface area contributed by atoms with Crippen molar-refractivity contribution in [1.29, 1.82) is 0 Å². The first-order valence-electron chi connectivity index (χ1n) is 6.83. The molecule has 6 heteroatoms. The van der Waals surface area contributed by atoms with Crippen molar-refractivity contribution in [3.8, 4) is 5.75 Å². The monoisotopic (exact) mass is 306 g/mol. The van der Waals surface area contributed by atoms with Gasteiger partial charge in [-0.1, -0.05) is 12.1 Å². The van der Waals surface area contributed by atoms with Gasteiger partial charge < -0.3 is 15.2 Å². The van der Waals surface area contributed by atoms with Crippen LogP contribution in [0.4, 0.5) is 0 Å². The van der Waals surface area contributed by atoms with Crippen molar-refractivity contribution in [2.75, 3.05) is 19.8 Å². The summed E-state index contributed by atoms with van der Waals surface area (Å²) in [5.41, 5.74) is 1.27. The largest absolute Gasteiger partial charge is 0.508 e. The van der Waals surface area contributed by atoms with Crippen LogP contribution in [0.5, 0.6) is 5.75 Å². The normalized spacial score (nSPS) is 16.6. The molecule has 1 amide bonds. The van der Waals surface area contributed by atoms with E-state index in [1.165, 1.54) is 0 Å². The summed E-state index contributed by atoms with van der Waals surface area (Å²) in [6.07, 6.45) is 2.46. The number of hydrogen-bond acceptors (Lipinski definition) is 4. The van der Waals surface area contributed by atoms with E-state index in [1.54, 1.807) is 35.2 Å². The maximum absolute atomic E-state index is 12.3. The Morgan fingerprint density at radius 2 is 2.10 bits per heavy atom. The number of thiocarbonyl (C=S) groups is 1. The lowest BCUT2D eigenvalue weighted by atomic mass is 10.2. The predicted octanol–water partition coefficient (Wildman–Crippen LogP) is 1.88. The van der Waals surface area contributed by atoms with E-state index in [2.05, 4.69) is 5.32 Å². The van der Waals surface area contributed by atoms with Crippen molar-refractivity contribution in [2.45, 2.75) is 13.3 Å². The second kappa shape index (κ2) is 7.19. The molecule has 2 rings (SSSR count). The first-order valence-corrected chi connectivity index (χ1v) is 7.24. The quantitative estimate of drug-likeness (QED) is 0.477. The number of nitrogens with zero attached hydrogens (tertiary/aromatic N) is 1. The van der Waals surface area contributed by atoms with Crippen LogP contribution in [0.2, 0.25) is 0 Å². The lowest BCUT2D eigenvalue weighted by Gasteiger charge is -2.13. The molecule has 5 nitrogen and oxygen atoms in total. The van der Waals surface area contributed by atoms with Crippen LogP contribution in [0.15, 0.2) is 30.0 Å². The smallest absolute Gasteiger partial charge is 0.276 e. The van der Waals surface area contributed by atoms with E-state index in [9.17, 15) is 9.90 Å². The van der Waals surface area contributed by atoms with Gasteiger partial charge in [0.25, 0.3) is 5.91 Å². The molecule has 0 unspecified atom stereocenters. The summed E-state index contributed by atoms with van der Waals surface area (Å²) in [6.45, 7) is 3.76. The Kier molecular flexibility index (Phi) is 5.30. The second-order valence-corrected chi connectivity index (χ2v) is 4.97. The molecule has 1 aliphatic heterocycles. The van der Waals surface area contributed by atoms with Crippen molar-refractivity contribution in [3.63, 3.8) is 0 Å². The molecule has 0 aliphatic carbocycles. The molecule has 1 aliphatic rings. The molecule has 1 aromatic carbocycles. The molecular formula is C15H18N2O3S. The van der Waals surface area contributed by atoms with Gasteiger partial charge in [0.15, 0.2) is 5.11 Å². The minimum atomic E-state index is -0.135. The molecule has 0 radical (unpaired) electrons. The minimum Gasteiger partial charge on any atom is -0.508 e. The molecule has 0 aromatic heterocycles. The maximum Gasteiger partial charge on any atom is 0.276 e. The zero-order valence-electron chi connectivity index (χ0n) is 11.8. The average Bonchev–Trinajstić information content (AvgIpc) is 2.73. The molecule has 0 atom stereocenters. The summed E-state index contributed by atoms with van der Waals surface area (Å²) in [4.78, 5) is 13.8. The third kappa shape index (κ3) is 4.03. The average molecular weight is 306 g/mol. The lowest BCUT2D eigenvalue weighted by Crippen LogP contribution is -2.32. The number of nitrogens with one attached hydrogen (secondary N) is 1. The molecule has 0 bridgehead atoms. The minimum absolute atomic E-state index is 0.135. The van der Waals surface area contributed by atoms with Gasteiger partial charge in [-0.15, -0.1) is 0 Å². The van der Waals surface area contributed by atoms with Crippen LogP contribution in [0.3, 0.4) is 0 Å². The fraction of sp³-hybridized carbons (Fsp3) is 0.333. The highest BCUT2D eigenvalue weighted by Crippen LogP contribution is 2.16. The summed E-state index contributed by atoms with van der Waals surface area (Å²) < 4.78 is 5.26. The van der Waals surface area contributed by atoms with Gasteiger partial charge in [0, 0.05) is 19.8 Å². The van der Waals surface area contributed by atoms with E-state index in [0.29, 0.717) is 30.6 Å². The highest BCUT2D eigenvalue weighted by Gasteiger charge is 2.29. The van der Waals surface area contributed by atoms with Gasteiger partial charge in [-0.3, -0.25) is 9.69 Å². The Hall–Kier alpha value is -1.92. The maximum atomic E-state index is 12.3. The fourth-order valence-corrected chi connectivity index (χ4v) is 2.27. The van der Waals surface area contributed by atoms with Gasteiger partial charge in [0.2, 0.25) is 0 Å². The van der Waals surface area contributed by atoms with Crippen LogP contribution in [-0.2, 0) is 9.53 Å². The first-order chi connectivity index (χ1) is 10.1. The van der Waals surface area contributed by atoms with Crippen LogP contribution in [0.1, 0.15) is 18.9 Å². The van der Waals surface area contributed by atoms with Crippen molar-refractivity contribution in [2.24, 2.45) is 0 Å². The van der Waals surface area contributed by atoms with Crippen molar-refractivity contribution in [3.05, 3.63) is 35.5 Å². The second-order valence-electron chi connectivity index (χ2n) is 4.59. The number of amides is 1. The molecule has 1 aromatic rings. The van der Waals surface area contributed by atoms with E-state index >= 15 is 0 Å². The topological polar surface area (TPSA) is 61.8 Å². The van der Waals surface area contributed by atoms with Crippen LogP contribution in [0, 0.1) is 0 Å². The molecular weight excluding hydrogens is 288 g/mol. The van der Waals surface area contributed by atoms with Gasteiger partial charge in [0.1, 0.15) is 11.4 Å². The molecule has 0 saturated carbocycles. The number of carbonyl (C=O) groups excluding carboxylic acids is 1. The van der Waals surface area contributed by atoms with Gasteiger partial charge in [-0.25, -0.2) is 0 Å². The molecule has 1 saturated heterocycles. The van der Waals surface area contributed by atoms with Crippen LogP contribution in [0.25, 0.3) is 6.08 Å². The molecule has 1 heterocycles. The number of phenolic OH excluding ortho intramolecular Hbond substituents is 1. The molecule has 112 valence electrons. The van der Waals surface area contributed by atoms with E-state index in [1.807, 2.05) is 6.92 Å². The Bertz CT molecular complexity index is 555. The summed E-state index contributed by atoms with van der Waals surface area (Å²) in [7, 11) is 0. The standard InChI is InChI=1S/C15H18N2O3S/c1-2-20-9-3-8-17-14(19)13(16-15(17)21)10-11-4-6-12(18)7-5-11/h4-7,10,18H,2-3,8-9H2,1H3,(H,16,21)/b13-10+. The first kappa shape index (κ1) is 15.5. The highest BCUT2D eigenvalue weighted by molar-refractivity contribution is 7.80. The summed E-state index contributed by atoms with van der Waals surface area (Å²) in [5.74, 6) is 0.0560. The van der Waals surface area contributed by atoms with Crippen LogP contribution >= 0.6 is 12.2 Å². The Morgan fingerprint density at radius 1 is 1.38 bits per heavy atom. The van der Waals surface area contributed by atoms with Crippen molar-refractivity contribution >= 4 is 29.3 Å². The third-order valence-corrected chi connectivity index (χ3v) is 3.36. The molecule has 1 fully saturated rings. The molecule has 21 heavy (non-hydrogen) atoms. The molecule has 0 spiro atoms. The zero-order chi connectivity index (χ0) is 15.2. The Labute approximate surface area is 129 Å². The lowest BCUT2D eigenvalue weighted by molar-refractivity contribution is -0.122. The van der Waals surface area contributed by atoms with Gasteiger partial charge in [-0.2, -0.15) is 0 Å². The summed E-state index contributed by atoms with van der Waals surface area (Å²) in [5, 5.41) is 12.6. The number of hydrogen-bond donors (Lipinski definition) is 2. The van der Waals surface area contributed by atoms with E-state index < -0.39 is 0 Å². The Morgan fingerprint density at radius 3 is 2.76 bits per heavy atom. The summed E-state index contributed by atoms with van der Waals surface area (Å²) >= 11 is 5.18. The fourth-order valence-electron chi connectivity index (χ4n) is 1.98. The number of phenols is 1. The van der Waals surface area contributed by atoms with Gasteiger partial charge in [0.05, 0.1) is 0 Å². The number of benzene rings is 1. The molecule has 2 N–H and O–H groups in total. The van der Waals surface area contributed by atoms with Crippen LogP contribution in [-0.4, -0.2) is 40.8 Å². The number of carbonyl (C=O) groups is 1. The van der Waals surface area contributed by atoms with Crippen LogP contribution < -0.4 is 5.32 Å². The van der Waals surface area contributed by atoms with Gasteiger partial charge >= 0.3 is 0 Å². The van der Waals surface area contributed by atoms with E-state index in [-0.39, 0.29) is 11.7 Å². The van der Waals surface area contributed by atoms with Crippen molar-refractivity contribution < 1.29 is 14.6 Å². The van der Waals surface area contributed by atoms with Crippen molar-refractivity contribution in [1.82, 2.24) is 10.2 Å². The third-order valence-electron chi connectivity index (χ3n) is 3.04. The SMILES string of the molecule is CCOCCCN1C(=O)/C(=C\c2ccc(O)cc2)NC1=S. The van der Waals surface area contributed by atoms with E-state index in [0.717, 1.165) is 12.0 Å². The predicted molar refractivity (Wildman–Crippen MR) is 84.6 cm³/mol. The number of aromatic hydroxyl groups is 1. The van der Waals surface area contributed by atoms with E-state index in [4.69, 9.17) is 17.0 Å².